The summed E-state index contributed by atoms with van der Waals surface area (Å²) in [6.07, 6.45) is 0.670. The maximum atomic E-state index is 11.1. The predicted octanol–water partition coefficient (Wildman–Crippen LogP) is 1.89. The molecule has 0 saturated carbocycles. The number of hydrogen-bond donors (Lipinski definition) is 1. The van der Waals surface area contributed by atoms with Gasteiger partial charge in [-0.15, -0.1) is 0 Å². The average molecular weight is 252 g/mol. The van der Waals surface area contributed by atoms with Gasteiger partial charge in [0.05, 0.1) is 13.7 Å². The Labute approximate surface area is 105 Å². The van der Waals surface area contributed by atoms with Crippen molar-refractivity contribution >= 4 is 11.9 Å². The Balaban J connectivity index is 2.86. The van der Waals surface area contributed by atoms with Gasteiger partial charge in [-0.2, -0.15) is 0 Å². The summed E-state index contributed by atoms with van der Waals surface area (Å²) in [7, 11) is 1.32. The number of carboxylic acid groups (broad SMARTS) is 1. The van der Waals surface area contributed by atoms with Crippen LogP contribution in [0.1, 0.15) is 29.3 Å². The zero-order chi connectivity index (χ0) is 13.5. The number of rotatable bonds is 6. The lowest BCUT2D eigenvalue weighted by molar-refractivity contribution is -0.140. The van der Waals surface area contributed by atoms with Crippen LogP contribution < -0.4 is 4.74 Å². The largest absolute Gasteiger partial charge is 0.493 e. The molecule has 98 valence electrons. The summed E-state index contributed by atoms with van der Waals surface area (Å²) in [4.78, 5) is 22.1. The number of carbonyl (C=O) groups is 2. The van der Waals surface area contributed by atoms with Gasteiger partial charge in [-0.25, -0.2) is 4.79 Å². The van der Waals surface area contributed by atoms with E-state index in [1.807, 2.05) is 0 Å². The van der Waals surface area contributed by atoms with E-state index in [0.717, 1.165) is 5.56 Å². The van der Waals surface area contributed by atoms with E-state index < -0.39 is 5.97 Å². The monoisotopic (exact) mass is 252 g/mol. The summed E-state index contributed by atoms with van der Waals surface area (Å²) >= 11 is 0. The summed E-state index contributed by atoms with van der Waals surface area (Å²) in [5.74, 6) is -1.02. The van der Waals surface area contributed by atoms with Crippen LogP contribution in [0.4, 0.5) is 0 Å². The molecule has 1 rings (SSSR count). The summed E-state index contributed by atoms with van der Waals surface area (Å²) < 4.78 is 9.76. The van der Waals surface area contributed by atoms with Crippen molar-refractivity contribution in [3.05, 3.63) is 29.3 Å². The second-order valence-corrected chi connectivity index (χ2v) is 3.64. The number of carboxylic acids is 1. The number of carbonyl (C=O) groups excluding carboxylic acids is 1. The van der Waals surface area contributed by atoms with Gasteiger partial charge >= 0.3 is 11.9 Å². The first kappa shape index (κ1) is 14.0. The van der Waals surface area contributed by atoms with Crippen LogP contribution in [-0.4, -0.2) is 30.8 Å². The number of hydrogen-bond acceptors (Lipinski definition) is 4. The van der Waals surface area contributed by atoms with Gasteiger partial charge in [0.2, 0.25) is 0 Å². The number of benzene rings is 1. The van der Waals surface area contributed by atoms with Gasteiger partial charge < -0.3 is 14.6 Å². The third-order valence-electron chi connectivity index (χ3n) is 2.42. The van der Waals surface area contributed by atoms with Crippen molar-refractivity contribution in [2.45, 2.75) is 19.8 Å². The molecule has 0 radical (unpaired) electrons. The first-order valence-electron chi connectivity index (χ1n) is 5.64. The zero-order valence-electron chi connectivity index (χ0n) is 10.4. The molecule has 1 aromatic carbocycles. The van der Waals surface area contributed by atoms with Gasteiger partial charge in [-0.3, -0.25) is 4.79 Å². The van der Waals surface area contributed by atoms with E-state index >= 15 is 0 Å². The lowest BCUT2D eigenvalue weighted by Gasteiger charge is -2.09. The quantitative estimate of drug-likeness (QED) is 0.783. The molecule has 18 heavy (non-hydrogen) atoms. The Morgan fingerprint density at radius 3 is 2.61 bits per heavy atom. The summed E-state index contributed by atoms with van der Waals surface area (Å²) in [5, 5.41) is 9.07. The topological polar surface area (TPSA) is 72.8 Å². The number of aromatic carboxylic acids is 1. The number of aryl methyl sites for hydroxylation is 1. The fraction of sp³-hybridized carbons (Fsp3) is 0.385. The maximum Gasteiger partial charge on any atom is 0.339 e. The third-order valence-corrected chi connectivity index (χ3v) is 2.42. The molecule has 0 amide bonds. The van der Waals surface area contributed by atoms with Crippen molar-refractivity contribution in [2.75, 3.05) is 13.7 Å². The smallest absolute Gasteiger partial charge is 0.339 e. The molecule has 0 bridgehead atoms. The Morgan fingerprint density at radius 1 is 1.33 bits per heavy atom. The van der Waals surface area contributed by atoms with Crippen LogP contribution in [0.5, 0.6) is 5.75 Å². The van der Waals surface area contributed by atoms with Crippen molar-refractivity contribution in [1.29, 1.82) is 0 Å². The zero-order valence-corrected chi connectivity index (χ0v) is 10.4. The molecule has 5 nitrogen and oxygen atoms in total. The molecule has 0 spiro atoms. The molecule has 0 heterocycles. The van der Waals surface area contributed by atoms with E-state index in [9.17, 15) is 9.59 Å². The molecule has 0 fully saturated rings. The molecular weight excluding hydrogens is 236 g/mol. The first-order chi connectivity index (χ1) is 8.58. The second-order valence-electron chi connectivity index (χ2n) is 3.64. The normalized spacial score (nSPS) is 9.89. The Bertz CT molecular complexity index is 439. The second kappa shape index (κ2) is 6.64. The highest BCUT2D eigenvalue weighted by Crippen LogP contribution is 2.21. The van der Waals surface area contributed by atoms with E-state index in [1.165, 1.54) is 13.2 Å². The van der Waals surface area contributed by atoms with Crippen molar-refractivity contribution < 1.29 is 24.2 Å². The van der Waals surface area contributed by atoms with Gasteiger partial charge in [0.1, 0.15) is 11.3 Å². The molecule has 0 aliphatic carbocycles. The molecule has 1 aromatic rings. The van der Waals surface area contributed by atoms with E-state index in [-0.39, 0.29) is 18.0 Å². The standard InChI is InChI=1S/C13H16O5/c1-3-18-11-6-4-9(5-7-12(14)17-2)8-10(11)13(15)16/h4,6,8H,3,5,7H2,1-2H3,(H,15,16). The molecule has 0 aliphatic rings. The fourth-order valence-corrected chi connectivity index (χ4v) is 1.53. The SMILES string of the molecule is CCOc1ccc(CCC(=O)OC)cc1C(=O)O. The molecular formula is C13H16O5. The average Bonchev–Trinajstić information content (AvgIpc) is 2.37. The molecule has 0 saturated heterocycles. The van der Waals surface area contributed by atoms with Gasteiger partial charge in [-0.05, 0) is 31.0 Å². The van der Waals surface area contributed by atoms with Gasteiger partial charge in [0, 0.05) is 6.42 Å². The lowest BCUT2D eigenvalue weighted by Crippen LogP contribution is -2.05. The summed E-state index contributed by atoms with van der Waals surface area (Å²) in [6.45, 7) is 2.19. The van der Waals surface area contributed by atoms with Crippen molar-refractivity contribution in [3.63, 3.8) is 0 Å². The number of ether oxygens (including phenoxy) is 2. The Hall–Kier alpha value is -2.04. The van der Waals surface area contributed by atoms with Crippen LogP contribution in [-0.2, 0) is 16.0 Å². The first-order valence-corrected chi connectivity index (χ1v) is 5.64. The highest BCUT2D eigenvalue weighted by molar-refractivity contribution is 5.91. The minimum absolute atomic E-state index is 0.110. The molecule has 0 aromatic heterocycles. The van der Waals surface area contributed by atoms with Crippen molar-refractivity contribution in [3.8, 4) is 5.75 Å². The molecule has 0 atom stereocenters. The van der Waals surface area contributed by atoms with Gasteiger partial charge in [0.25, 0.3) is 0 Å². The van der Waals surface area contributed by atoms with Crippen LogP contribution in [0.25, 0.3) is 0 Å². The minimum Gasteiger partial charge on any atom is -0.493 e. The highest BCUT2D eigenvalue weighted by Gasteiger charge is 2.12. The van der Waals surface area contributed by atoms with Crippen molar-refractivity contribution in [2.24, 2.45) is 0 Å². The van der Waals surface area contributed by atoms with Crippen LogP contribution in [0, 0.1) is 0 Å². The lowest BCUT2D eigenvalue weighted by atomic mass is 10.1. The highest BCUT2D eigenvalue weighted by atomic mass is 16.5. The molecule has 0 aliphatic heterocycles. The van der Waals surface area contributed by atoms with Crippen molar-refractivity contribution in [1.82, 2.24) is 0 Å². The summed E-state index contributed by atoms with van der Waals surface area (Å²) in [6, 6.07) is 4.89. The fourth-order valence-electron chi connectivity index (χ4n) is 1.53. The number of esters is 1. The Kier molecular flexibility index (Phi) is 5.17. The molecule has 5 heteroatoms. The third kappa shape index (κ3) is 3.76. The molecule has 0 unspecified atom stereocenters. The van der Waals surface area contributed by atoms with Crippen LogP contribution >= 0.6 is 0 Å². The number of methoxy groups -OCH3 is 1. The van der Waals surface area contributed by atoms with Crippen LogP contribution in [0.2, 0.25) is 0 Å². The van der Waals surface area contributed by atoms with E-state index in [4.69, 9.17) is 9.84 Å². The van der Waals surface area contributed by atoms with Crippen LogP contribution in [0.15, 0.2) is 18.2 Å². The molecule has 1 N–H and O–H groups in total. The van der Waals surface area contributed by atoms with Gasteiger partial charge in [0.15, 0.2) is 0 Å². The van der Waals surface area contributed by atoms with E-state index in [1.54, 1.807) is 19.1 Å². The minimum atomic E-state index is -1.04. The van der Waals surface area contributed by atoms with Crippen LogP contribution in [0.3, 0.4) is 0 Å². The summed E-state index contributed by atoms with van der Waals surface area (Å²) in [5.41, 5.74) is 0.875. The van der Waals surface area contributed by atoms with E-state index in [0.29, 0.717) is 18.8 Å². The van der Waals surface area contributed by atoms with E-state index in [2.05, 4.69) is 4.74 Å². The van der Waals surface area contributed by atoms with Gasteiger partial charge in [-0.1, -0.05) is 6.07 Å². The Morgan fingerprint density at radius 2 is 2.06 bits per heavy atom. The maximum absolute atomic E-state index is 11.1. The predicted molar refractivity (Wildman–Crippen MR) is 64.9 cm³/mol.